The Hall–Kier alpha value is -2.72. The third-order valence-corrected chi connectivity index (χ3v) is 6.66. The van der Waals surface area contributed by atoms with Crippen LogP contribution in [0.1, 0.15) is 23.5 Å². The molecular formula is C25H24F3NO4S. The van der Waals surface area contributed by atoms with Crippen LogP contribution in [-0.2, 0) is 20.0 Å². The van der Waals surface area contributed by atoms with E-state index in [0.29, 0.717) is 13.0 Å². The third kappa shape index (κ3) is 6.04. The molecule has 4 rings (SSSR count). The molecule has 34 heavy (non-hydrogen) atoms. The fraction of sp³-hybridized carbons (Fsp3) is 0.280. The SMILES string of the molecule is NC1CCOC(C(c2ccccc2)c2ccccc2)C1OS(=O)c1ccc(OC(F)(F)F)cc1. The van der Waals surface area contributed by atoms with Crippen LogP contribution in [-0.4, -0.2) is 35.4 Å². The van der Waals surface area contributed by atoms with Crippen LogP contribution in [0.4, 0.5) is 13.2 Å². The van der Waals surface area contributed by atoms with Gasteiger partial charge in [-0.15, -0.1) is 13.2 Å². The van der Waals surface area contributed by atoms with Crippen LogP contribution in [0.25, 0.3) is 0 Å². The molecular weight excluding hydrogens is 467 g/mol. The molecule has 0 aromatic heterocycles. The molecule has 0 bridgehead atoms. The summed E-state index contributed by atoms with van der Waals surface area (Å²) >= 11 is -1.98. The van der Waals surface area contributed by atoms with Crippen molar-refractivity contribution in [3.8, 4) is 5.75 Å². The number of ether oxygens (including phenoxy) is 2. The zero-order valence-corrected chi connectivity index (χ0v) is 18.9. The summed E-state index contributed by atoms with van der Waals surface area (Å²) in [6.07, 6.45) is -5.52. The molecule has 1 saturated heterocycles. The van der Waals surface area contributed by atoms with E-state index in [9.17, 15) is 17.4 Å². The monoisotopic (exact) mass is 491 g/mol. The van der Waals surface area contributed by atoms with Gasteiger partial charge in [0.25, 0.3) is 0 Å². The number of alkyl halides is 3. The molecule has 3 aromatic rings. The van der Waals surface area contributed by atoms with Gasteiger partial charge in [-0.05, 0) is 41.8 Å². The highest BCUT2D eigenvalue weighted by molar-refractivity contribution is 7.80. The van der Waals surface area contributed by atoms with Crippen molar-refractivity contribution in [2.45, 2.75) is 41.8 Å². The van der Waals surface area contributed by atoms with Gasteiger partial charge in [-0.25, -0.2) is 4.21 Å². The lowest BCUT2D eigenvalue weighted by Crippen LogP contribution is -2.53. The summed E-state index contributed by atoms with van der Waals surface area (Å²) in [7, 11) is 0. The van der Waals surface area contributed by atoms with E-state index < -0.39 is 41.4 Å². The van der Waals surface area contributed by atoms with Crippen LogP contribution in [0.3, 0.4) is 0 Å². The molecule has 3 aromatic carbocycles. The molecule has 0 aliphatic carbocycles. The molecule has 4 atom stereocenters. The van der Waals surface area contributed by atoms with Crippen molar-refractivity contribution >= 4 is 11.1 Å². The van der Waals surface area contributed by atoms with E-state index in [0.717, 1.165) is 23.3 Å². The van der Waals surface area contributed by atoms with Crippen LogP contribution in [0.5, 0.6) is 5.75 Å². The molecule has 2 N–H and O–H groups in total. The number of hydrogen-bond donors (Lipinski definition) is 1. The van der Waals surface area contributed by atoms with E-state index in [2.05, 4.69) is 4.74 Å². The Morgan fingerprint density at radius 3 is 2.00 bits per heavy atom. The highest BCUT2D eigenvalue weighted by Crippen LogP contribution is 2.36. The molecule has 0 spiro atoms. The normalized spacial score (nSPS) is 21.9. The predicted molar refractivity (Wildman–Crippen MR) is 121 cm³/mol. The van der Waals surface area contributed by atoms with Gasteiger partial charge in [-0.2, -0.15) is 0 Å². The van der Waals surface area contributed by atoms with Crippen molar-refractivity contribution in [2.24, 2.45) is 5.73 Å². The fourth-order valence-electron chi connectivity index (χ4n) is 4.06. The zero-order valence-electron chi connectivity index (χ0n) is 18.1. The Labute approximate surface area is 198 Å². The minimum Gasteiger partial charge on any atom is -0.406 e. The maximum atomic E-state index is 13.0. The molecule has 4 unspecified atom stereocenters. The van der Waals surface area contributed by atoms with Crippen LogP contribution in [0.15, 0.2) is 89.8 Å². The second-order valence-electron chi connectivity index (χ2n) is 7.90. The van der Waals surface area contributed by atoms with Crippen molar-refractivity contribution < 1.29 is 31.0 Å². The lowest BCUT2D eigenvalue weighted by molar-refractivity contribution is -0.274. The predicted octanol–water partition coefficient (Wildman–Crippen LogP) is 4.94. The van der Waals surface area contributed by atoms with E-state index in [1.54, 1.807) is 0 Å². The van der Waals surface area contributed by atoms with E-state index in [1.165, 1.54) is 12.1 Å². The maximum absolute atomic E-state index is 13.0. The van der Waals surface area contributed by atoms with Crippen LogP contribution in [0.2, 0.25) is 0 Å². The molecule has 9 heteroatoms. The number of nitrogens with two attached hydrogens (primary N) is 1. The Morgan fingerprint density at radius 2 is 1.47 bits per heavy atom. The number of rotatable bonds is 7. The van der Waals surface area contributed by atoms with E-state index >= 15 is 0 Å². The Morgan fingerprint density at radius 1 is 0.912 bits per heavy atom. The molecule has 1 aliphatic rings. The van der Waals surface area contributed by atoms with Gasteiger partial charge in [0, 0.05) is 18.6 Å². The van der Waals surface area contributed by atoms with Gasteiger partial charge in [-0.1, -0.05) is 60.7 Å². The first kappa shape index (κ1) is 24.4. The average molecular weight is 492 g/mol. The van der Waals surface area contributed by atoms with Crippen molar-refractivity contribution in [3.05, 3.63) is 96.1 Å². The molecule has 0 saturated carbocycles. The first-order valence-corrected chi connectivity index (χ1v) is 11.8. The van der Waals surface area contributed by atoms with Gasteiger partial charge >= 0.3 is 6.36 Å². The lowest BCUT2D eigenvalue weighted by atomic mass is 9.81. The minimum atomic E-state index is -4.81. The second kappa shape index (κ2) is 10.7. The summed E-state index contributed by atoms with van der Waals surface area (Å²) in [6.45, 7) is 0.429. The van der Waals surface area contributed by atoms with Crippen LogP contribution >= 0.6 is 0 Å². The van der Waals surface area contributed by atoms with Gasteiger partial charge in [0.1, 0.15) is 11.9 Å². The molecule has 5 nitrogen and oxygen atoms in total. The number of hydrogen-bond acceptors (Lipinski definition) is 5. The summed E-state index contributed by atoms with van der Waals surface area (Å²) < 4.78 is 66.2. The first-order chi connectivity index (χ1) is 16.3. The van der Waals surface area contributed by atoms with Crippen LogP contribution in [0, 0.1) is 0 Å². The van der Waals surface area contributed by atoms with Gasteiger partial charge < -0.3 is 15.2 Å². The van der Waals surface area contributed by atoms with Crippen molar-refractivity contribution in [2.75, 3.05) is 6.61 Å². The van der Waals surface area contributed by atoms with Gasteiger partial charge in [0.15, 0.2) is 11.1 Å². The smallest absolute Gasteiger partial charge is 0.406 e. The molecule has 1 aliphatic heterocycles. The molecule has 0 radical (unpaired) electrons. The minimum absolute atomic E-state index is 0.196. The standard InChI is InChI=1S/C25H24F3NO4S/c26-25(27,28)32-19-11-13-20(14-12-19)34(30)33-23-21(29)15-16-31-24(23)22(17-7-3-1-4-8-17)18-9-5-2-6-10-18/h1-14,21-24H,15-16,29H2. The third-order valence-electron chi connectivity index (χ3n) is 5.60. The zero-order chi connectivity index (χ0) is 24.1. The van der Waals surface area contributed by atoms with E-state index in [4.69, 9.17) is 14.7 Å². The van der Waals surface area contributed by atoms with Gasteiger partial charge in [0.05, 0.1) is 11.0 Å². The van der Waals surface area contributed by atoms with Crippen molar-refractivity contribution in [1.82, 2.24) is 0 Å². The van der Waals surface area contributed by atoms with E-state index in [-0.39, 0.29) is 10.8 Å². The topological polar surface area (TPSA) is 70.8 Å². The highest BCUT2D eigenvalue weighted by Gasteiger charge is 2.41. The summed E-state index contributed by atoms with van der Waals surface area (Å²) in [5, 5.41) is 0. The Kier molecular flexibility index (Phi) is 7.67. The van der Waals surface area contributed by atoms with Gasteiger partial charge in [0.2, 0.25) is 0 Å². The first-order valence-electron chi connectivity index (χ1n) is 10.7. The quantitative estimate of drug-likeness (QED) is 0.507. The Bertz CT molecular complexity index is 1040. The lowest BCUT2D eigenvalue weighted by Gasteiger charge is -2.40. The molecule has 1 heterocycles. The van der Waals surface area contributed by atoms with Crippen molar-refractivity contribution in [1.29, 1.82) is 0 Å². The maximum Gasteiger partial charge on any atom is 0.573 e. The highest BCUT2D eigenvalue weighted by atomic mass is 32.2. The molecule has 180 valence electrons. The summed E-state index contributed by atoms with van der Waals surface area (Å²) in [4.78, 5) is 0.196. The summed E-state index contributed by atoms with van der Waals surface area (Å²) in [5.41, 5.74) is 8.40. The number of benzene rings is 3. The summed E-state index contributed by atoms with van der Waals surface area (Å²) in [5.74, 6) is -0.629. The average Bonchev–Trinajstić information content (AvgIpc) is 2.82. The Balaban J connectivity index is 1.59. The summed E-state index contributed by atoms with van der Waals surface area (Å²) in [6, 6.07) is 23.9. The molecule has 1 fully saturated rings. The fourth-order valence-corrected chi connectivity index (χ4v) is 4.98. The van der Waals surface area contributed by atoms with Gasteiger partial charge in [-0.3, -0.25) is 4.18 Å². The largest absolute Gasteiger partial charge is 0.573 e. The van der Waals surface area contributed by atoms with Crippen molar-refractivity contribution in [3.63, 3.8) is 0 Å². The molecule has 0 amide bonds. The van der Waals surface area contributed by atoms with Crippen LogP contribution < -0.4 is 10.5 Å². The second-order valence-corrected chi connectivity index (χ2v) is 9.04. The number of halogens is 3. The van der Waals surface area contributed by atoms with E-state index in [1.807, 2.05) is 60.7 Å².